The molecule has 0 bridgehead atoms. The summed E-state index contributed by atoms with van der Waals surface area (Å²) in [7, 11) is 1.58. The van der Waals surface area contributed by atoms with Gasteiger partial charge in [-0.15, -0.1) is 5.10 Å². The zero-order valence-electron chi connectivity index (χ0n) is 17.1. The lowest BCUT2D eigenvalue weighted by Gasteiger charge is -2.06. The van der Waals surface area contributed by atoms with Gasteiger partial charge in [-0.3, -0.25) is 0 Å². The van der Waals surface area contributed by atoms with Gasteiger partial charge in [-0.2, -0.15) is 0 Å². The van der Waals surface area contributed by atoms with Crippen LogP contribution in [0.5, 0.6) is 5.75 Å². The van der Waals surface area contributed by atoms with Crippen molar-refractivity contribution in [3.8, 4) is 22.9 Å². The van der Waals surface area contributed by atoms with Gasteiger partial charge in [0.15, 0.2) is 5.69 Å². The molecule has 0 aliphatic carbocycles. The number of rotatable bonds is 6. The molecule has 0 radical (unpaired) electrons. The van der Waals surface area contributed by atoms with Crippen LogP contribution in [0.2, 0.25) is 5.02 Å². The maximum atomic E-state index is 12.6. The molecule has 4 aromatic rings. The number of halogens is 1. The van der Waals surface area contributed by atoms with Crippen LogP contribution in [-0.4, -0.2) is 33.1 Å². The standard InChI is InChI=1S/C22H19ClN4O4/c1-13-20(25-26-27(13)17-5-4-6-18(11-17)29-3)22(28)30-12-19-14(2)31-21(24-19)15-7-9-16(23)10-8-15/h4-11H,12H2,1-3H3. The van der Waals surface area contributed by atoms with E-state index in [2.05, 4.69) is 15.3 Å². The number of oxazole rings is 1. The number of ether oxygens (including phenoxy) is 2. The van der Waals surface area contributed by atoms with E-state index in [1.165, 1.54) is 0 Å². The van der Waals surface area contributed by atoms with Gasteiger partial charge >= 0.3 is 5.97 Å². The zero-order valence-corrected chi connectivity index (χ0v) is 17.9. The number of esters is 1. The van der Waals surface area contributed by atoms with E-state index in [9.17, 15) is 4.79 Å². The highest BCUT2D eigenvalue weighted by Gasteiger charge is 2.20. The highest BCUT2D eigenvalue weighted by molar-refractivity contribution is 6.30. The maximum absolute atomic E-state index is 12.6. The van der Waals surface area contributed by atoms with Crippen molar-refractivity contribution in [3.63, 3.8) is 0 Å². The van der Waals surface area contributed by atoms with Gasteiger partial charge in [-0.25, -0.2) is 14.5 Å². The van der Waals surface area contributed by atoms with E-state index in [4.69, 9.17) is 25.5 Å². The van der Waals surface area contributed by atoms with Crippen LogP contribution < -0.4 is 4.74 Å². The molecule has 0 N–H and O–H groups in total. The summed E-state index contributed by atoms with van der Waals surface area (Å²) in [4.78, 5) is 17.0. The molecule has 2 aromatic heterocycles. The quantitative estimate of drug-likeness (QED) is 0.407. The highest BCUT2D eigenvalue weighted by atomic mass is 35.5. The summed E-state index contributed by atoms with van der Waals surface area (Å²) in [5, 5.41) is 8.68. The van der Waals surface area contributed by atoms with Gasteiger partial charge in [0, 0.05) is 16.7 Å². The Labute approximate surface area is 183 Å². The van der Waals surface area contributed by atoms with Gasteiger partial charge in [0.25, 0.3) is 0 Å². The van der Waals surface area contributed by atoms with Gasteiger partial charge in [0.05, 0.1) is 18.5 Å². The minimum Gasteiger partial charge on any atom is -0.497 e. The Bertz CT molecular complexity index is 1230. The van der Waals surface area contributed by atoms with E-state index in [-0.39, 0.29) is 12.3 Å². The van der Waals surface area contributed by atoms with E-state index >= 15 is 0 Å². The Hall–Kier alpha value is -3.65. The molecule has 0 saturated carbocycles. The first-order valence-electron chi connectivity index (χ1n) is 9.42. The molecule has 31 heavy (non-hydrogen) atoms. The predicted octanol–water partition coefficient (Wildman–Crippen LogP) is 4.56. The zero-order chi connectivity index (χ0) is 22.0. The van der Waals surface area contributed by atoms with Crippen molar-refractivity contribution in [2.45, 2.75) is 20.5 Å². The fourth-order valence-electron chi connectivity index (χ4n) is 2.99. The molecule has 0 saturated heterocycles. The molecule has 2 heterocycles. The number of methoxy groups -OCH3 is 1. The highest BCUT2D eigenvalue weighted by Crippen LogP contribution is 2.24. The van der Waals surface area contributed by atoms with Gasteiger partial charge < -0.3 is 13.9 Å². The fourth-order valence-corrected chi connectivity index (χ4v) is 3.11. The minimum atomic E-state index is -0.595. The fraction of sp³-hybridized carbons (Fsp3) is 0.182. The van der Waals surface area contributed by atoms with Crippen molar-refractivity contribution in [1.29, 1.82) is 0 Å². The Morgan fingerprint density at radius 1 is 1.16 bits per heavy atom. The summed E-state index contributed by atoms with van der Waals surface area (Å²) in [5.74, 6) is 1.08. The van der Waals surface area contributed by atoms with Crippen LogP contribution >= 0.6 is 11.6 Å². The molecule has 0 aliphatic rings. The molecule has 0 atom stereocenters. The smallest absolute Gasteiger partial charge is 0.361 e. The van der Waals surface area contributed by atoms with Crippen LogP contribution in [-0.2, 0) is 11.3 Å². The van der Waals surface area contributed by atoms with Gasteiger partial charge in [0.1, 0.15) is 23.8 Å². The summed E-state index contributed by atoms with van der Waals surface area (Å²) < 4.78 is 17.9. The van der Waals surface area contributed by atoms with Crippen molar-refractivity contribution in [2.24, 2.45) is 0 Å². The molecule has 0 spiro atoms. The molecule has 2 aromatic carbocycles. The first-order chi connectivity index (χ1) is 15.0. The van der Waals surface area contributed by atoms with Gasteiger partial charge in [-0.05, 0) is 50.2 Å². The van der Waals surface area contributed by atoms with Crippen molar-refractivity contribution in [3.05, 3.63) is 76.4 Å². The Morgan fingerprint density at radius 3 is 2.68 bits per heavy atom. The Morgan fingerprint density at radius 2 is 1.94 bits per heavy atom. The average molecular weight is 439 g/mol. The number of carbonyl (C=O) groups excluding carboxylic acids is 1. The van der Waals surface area contributed by atoms with Crippen molar-refractivity contribution < 1.29 is 18.7 Å². The number of benzene rings is 2. The Balaban J connectivity index is 1.48. The van der Waals surface area contributed by atoms with E-state index in [1.807, 2.05) is 30.3 Å². The molecular formula is C22H19ClN4O4. The van der Waals surface area contributed by atoms with Crippen LogP contribution in [0.1, 0.15) is 27.6 Å². The molecule has 0 aliphatic heterocycles. The topological polar surface area (TPSA) is 92.3 Å². The lowest BCUT2D eigenvalue weighted by molar-refractivity contribution is 0.0459. The number of carbonyl (C=O) groups is 1. The monoisotopic (exact) mass is 438 g/mol. The van der Waals surface area contributed by atoms with Crippen molar-refractivity contribution in [2.75, 3.05) is 7.11 Å². The molecule has 9 heteroatoms. The number of aromatic nitrogens is 4. The number of hydrogen-bond acceptors (Lipinski definition) is 7. The predicted molar refractivity (Wildman–Crippen MR) is 113 cm³/mol. The lowest BCUT2D eigenvalue weighted by atomic mass is 10.2. The van der Waals surface area contributed by atoms with Crippen LogP contribution in [0.4, 0.5) is 0 Å². The number of aryl methyl sites for hydroxylation is 1. The van der Waals surface area contributed by atoms with Crippen molar-refractivity contribution >= 4 is 17.6 Å². The molecule has 4 rings (SSSR count). The molecular weight excluding hydrogens is 420 g/mol. The third-order valence-corrected chi connectivity index (χ3v) is 4.96. The second-order valence-electron chi connectivity index (χ2n) is 6.74. The lowest BCUT2D eigenvalue weighted by Crippen LogP contribution is -2.09. The number of hydrogen-bond donors (Lipinski definition) is 0. The van der Waals surface area contributed by atoms with E-state index in [0.717, 1.165) is 11.3 Å². The average Bonchev–Trinajstić information content (AvgIpc) is 3.35. The summed E-state index contributed by atoms with van der Waals surface area (Å²) >= 11 is 5.92. The normalized spacial score (nSPS) is 10.8. The number of nitrogens with zero attached hydrogens (tertiary/aromatic N) is 4. The van der Waals surface area contributed by atoms with Crippen LogP contribution in [0.15, 0.2) is 52.9 Å². The van der Waals surface area contributed by atoms with Gasteiger partial charge in [-0.1, -0.05) is 22.9 Å². The minimum absolute atomic E-state index is 0.0484. The van der Waals surface area contributed by atoms with E-state index in [1.54, 1.807) is 43.8 Å². The molecule has 158 valence electrons. The first kappa shape index (κ1) is 20.6. The third kappa shape index (κ3) is 4.29. The van der Waals surface area contributed by atoms with Crippen LogP contribution in [0, 0.1) is 13.8 Å². The largest absolute Gasteiger partial charge is 0.497 e. The molecule has 0 amide bonds. The second-order valence-corrected chi connectivity index (χ2v) is 7.18. The SMILES string of the molecule is COc1cccc(-n2nnc(C(=O)OCc3nc(-c4ccc(Cl)cc4)oc3C)c2C)c1. The van der Waals surface area contributed by atoms with E-state index in [0.29, 0.717) is 33.8 Å². The second kappa shape index (κ2) is 8.61. The van der Waals surface area contributed by atoms with E-state index < -0.39 is 5.97 Å². The van der Waals surface area contributed by atoms with Crippen molar-refractivity contribution in [1.82, 2.24) is 20.0 Å². The summed E-state index contributed by atoms with van der Waals surface area (Å²) in [6.45, 7) is 3.46. The van der Waals surface area contributed by atoms with Gasteiger partial charge in [0.2, 0.25) is 5.89 Å². The maximum Gasteiger partial charge on any atom is 0.361 e. The third-order valence-electron chi connectivity index (χ3n) is 4.71. The molecule has 0 fully saturated rings. The summed E-state index contributed by atoms with van der Waals surface area (Å²) in [6, 6.07) is 14.4. The summed E-state index contributed by atoms with van der Waals surface area (Å²) in [5.41, 5.74) is 2.71. The molecule has 0 unspecified atom stereocenters. The first-order valence-corrected chi connectivity index (χ1v) is 9.80. The van der Waals surface area contributed by atoms with Crippen LogP contribution in [0.3, 0.4) is 0 Å². The van der Waals surface area contributed by atoms with Crippen LogP contribution in [0.25, 0.3) is 17.1 Å². The Kier molecular flexibility index (Phi) is 5.73. The molecule has 8 nitrogen and oxygen atoms in total. The summed E-state index contributed by atoms with van der Waals surface area (Å²) in [6.07, 6.45) is 0.